The molecule has 0 aliphatic carbocycles. The third-order valence-corrected chi connectivity index (χ3v) is 3.03. The van der Waals surface area contributed by atoms with Crippen molar-refractivity contribution in [3.05, 3.63) is 65.7 Å². The first-order chi connectivity index (χ1) is 10.0. The molecule has 110 valence electrons. The normalized spacial score (nSPS) is 10.4. The lowest BCUT2D eigenvalue weighted by Gasteiger charge is -2.24. The molecule has 0 aromatic heterocycles. The molecule has 0 atom stereocenters. The molecule has 3 nitrogen and oxygen atoms in total. The maximum absolute atomic E-state index is 13.3. The van der Waals surface area contributed by atoms with Gasteiger partial charge in [0.05, 0.1) is 6.42 Å². The molecule has 1 N–H and O–H groups in total. The van der Waals surface area contributed by atoms with Gasteiger partial charge >= 0.3 is 5.97 Å². The summed E-state index contributed by atoms with van der Waals surface area (Å²) in [5.74, 6) is -1.69. The molecule has 0 radical (unpaired) electrons. The second-order valence-corrected chi connectivity index (χ2v) is 4.68. The summed E-state index contributed by atoms with van der Waals surface area (Å²) in [6, 6.07) is 12.0. The summed E-state index contributed by atoms with van der Waals surface area (Å²) in [5.41, 5.74) is 1.27. The summed E-state index contributed by atoms with van der Waals surface area (Å²) in [4.78, 5) is 12.5. The number of aliphatic carboxylic acids is 1. The Kier molecular flexibility index (Phi) is 4.87. The SMILES string of the molecule is O=C(O)CCN(Cc1cccc(F)c1)c1cccc(F)c1. The van der Waals surface area contributed by atoms with Gasteiger partial charge in [-0.3, -0.25) is 4.79 Å². The summed E-state index contributed by atoms with van der Waals surface area (Å²) >= 11 is 0. The number of halogens is 2. The largest absolute Gasteiger partial charge is 0.481 e. The standard InChI is InChI=1S/C16H15F2NO2/c17-13-4-1-3-12(9-13)11-19(8-7-16(20)21)15-6-2-5-14(18)10-15/h1-6,9-10H,7-8,11H2,(H,20,21). The van der Waals surface area contributed by atoms with E-state index >= 15 is 0 Å². The van der Waals surface area contributed by atoms with E-state index in [1.807, 2.05) is 0 Å². The Morgan fingerprint density at radius 2 is 1.71 bits per heavy atom. The average Bonchev–Trinajstić information content (AvgIpc) is 2.43. The van der Waals surface area contributed by atoms with Crippen molar-refractivity contribution in [2.75, 3.05) is 11.4 Å². The second-order valence-electron chi connectivity index (χ2n) is 4.68. The zero-order chi connectivity index (χ0) is 15.2. The number of carboxylic acid groups (broad SMARTS) is 1. The fourth-order valence-corrected chi connectivity index (χ4v) is 2.06. The lowest BCUT2D eigenvalue weighted by molar-refractivity contribution is -0.136. The van der Waals surface area contributed by atoms with Crippen LogP contribution in [0.5, 0.6) is 0 Å². The van der Waals surface area contributed by atoms with Crippen LogP contribution < -0.4 is 4.90 Å². The molecule has 2 aromatic carbocycles. The van der Waals surface area contributed by atoms with Crippen LogP contribution in [0.25, 0.3) is 0 Å². The number of carbonyl (C=O) groups is 1. The molecule has 0 bridgehead atoms. The first kappa shape index (κ1) is 15.0. The molecule has 0 spiro atoms. The van der Waals surface area contributed by atoms with Crippen molar-refractivity contribution in [3.8, 4) is 0 Å². The molecule has 0 saturated carbocycles. The number of nitrogens with zero attached hydrogens (tertiary/aromatic N) is 1. The average molecular weight is 291 g/mol. The first-order valence-corrected chi connectivity index (χ1v) is 6.51. The van der Waals surface area contributed by atoms with Gasteiger partial charge in [0, 0.05) is 18.8 Å². The van der Waals surface area contributed by atoms with Gasteiger partial charge in [-0.2, -0.15) is 0 Å². The molecule has 0 heterocycles. The maximum Gasteiger partial charge on any atom is 0.305 e. The van der Waals surface area contributed by atoms with Crippen LogP contribution in [0.3, 0.4) is 0 Å². The molecule has 0 unspecified atom stereocenters. The van der Waals surface area contributed by atoms with Crippen LogP contribution in [0, 0.1) is 11.6 Å². The highest BCUT2D eigenvalue weighted by Crippen LogP contribution is 2.19. The van der Waals surface area contributed by atoms with Gasteiger partial charge in [0.25, 0.3) is 0 Å². The van der Waals surface area contributed by atoms with E-state index < -0.39 is 11.8 Å². The third-order valence-electron chi connectivity index (χ3n) is 3.03. The summed E-state index contributed by atoms with van der Waals surface area (Å²) in [6.07, 6.45) is -0.0776. The minimum absolute atomic E-state index is 0.0776. The number of hydrogen-bond acceptors (Lipinski definition) is 2. The Bertz CT molecular complexity index is 631. The lowest BCUT2D eigenvalue weighted by Crippen LogP contribution is -2.25. The zero-order valence-corrected chi connectivity index (χ0v) is 11.3. The summed E-state index contributed by atoms with van der Waals surface area (Å²) < 4.78 is 26.6. The number of benzene rings is 2. The smallest absolute Gasteiger partial charge is 0.305 e. The van der Waals surface area contributed by atoms with Crippen molar-refractivity contribution in [3.63, 3.8) is 0 Å². The number of hydrogen-bond donors (Lipinski definition) is 1. The lowest BCUT2D eigenvalue weighted by atomic mass is 10.1. The van der Waals surface area contributed by atoms with Gasteiger partial charge in [0.15, 0.2) is 0 Å². The summed E-state index contributed by atoms with van der Waals surface area (Å²) in [5, 5.41) is 8.81. The van der Waals surface area contributed by atoms with Gasteiger partial charge in [-0.15, -0.1) is 0 Å². The van der Waals surface area contributed by atoms with Gasteiger partial charge in [0.2, 0.25) is 0 Å². The molecule has 0 saturated heterocycles. The van der Waals surface area contributed by atoms with Crippen molar-refractivity contribution >= 4 is 11.7 Å². The maximum atomic E-state index is 13.3. The van der Waals surface area contributed by atoms with Crippen LogP contribution in [0.2, 0.25) is 0 Å². The van der Waals surface area contributed by atoms with E-state index in [9.17, 15) is 13.6 Å². The van der Waals surface area contributed by atoms with Crippen molar-refractivity contribution in [2.24, 2.45) is 0 Å². The van der Waals surface area contributed by atoms with Gasteiger partial charge in [-0.1, -0.05) is 18.2 Å². The van der Waals surface area contributed by atoms with Crippen molar-refractivity contribution in [1.82, 2.24) is 0 Å². The summed E-state index contributed by atoms with van der Waals surface area (Å²) in [6.45, 7) is 0.532. The third kappa shape index (κ3) is 4.56. The fraction of sp³-hybridized carbons (Fsp3) is 0.188. The number of carboxylic acids is 1. The molecule has 2 rings (SSSR count). The van der Waals surface area contributed by atoms with Gasteiger partial charge in [-0.25, -0.2) is 8.78 Å². The molecule has 0 aliphatic heterocycles. The first-order valence-electron chi connectivity index (χ1n) is 6.51. The molecule has 0 amide bonds. The predicted octanol–water partition coefficient (Wildman–Crippen LogP) is 3.45. The Balaban J connectivity index is 2.21. The molecule has 5 heteroatoms. The van der Waals surface area contributed by atoms with E-state index in [-0.39, 0.29) is 18.8 Å². The minimum atomic E-state index is -0.935. The van der Waals surface area contributed by atoms with E-state index in [1.165, 1.54) is 24.3 Å². The van der Waals surface area contributed by atoms with Crippen LogP contribution in [-0.4, -0.2) is 17.6 Å². The Morgan fingerprint density at radius 1 is 1.05 bits per heavy atom. The van der Waals surface area contributed by atoms with Gasteiger partial charge in [0.1, 0.15) is 11.6 Å². The highest BCUT2D eigenvalue weighted by Gasteiger charge is 2.11. The van der Waals surface area contributed by atoms with Crippen LogP contribution in [0.15, 0.2) is 48.5 Å². The van der Waals surface area contributed by atoms with E-state index in [2.05, 4.69) is 0 Å². The minimum Gasteiger partial charge on any atom is -0.481 e. The van der Waals surface area contributed by atoms with Crippen LogP contribution in [0.4, 0.5) is 14.5 Å². The topological polar surface area (TPSA) is 40.5 Å². The van der Waals surface area contributed by atoms with E-state index in [1.54, 1.807) is 29.2 Å². The molecule has 0 aliphatic rings. The second kappa shape index (κ2) is 6.83. The van der Waals surface area contributed by atoms with Gasteiger partial charge in [-0.05, 0) is 35.9 Å². The fourth-order valence-electron chi connectivity index (χ4n) is 2.06. The zero-order valence-electron chi connectivity index (χ0n) is 11.3. The van der Waals surface area contributed by atoms with E-state index in [0.717, 1.165) is 0 Å². The van der Waals surface area contributed by atoms with Crippen molar-refractivity contribution < 1.29 is 18.7 Å². The van der Waals surface area contributed by atoms with Crippen LogP contribution >= 0.6 is 0 Å². The molecular weight excluding hydrogens is 276 g/mol. The molecule has 0 fully saturated rings. The monoisotopic (exact) mass is 291 g/mol. The van der Waals surface area contributed by atoms with Crippen molar-refractivity contribution in [2.45, 2.75) is 13.0 Å². The Labute approximate surface area is 121 Å². The van der Waals surface area contributed by atoms with Gasteiger partial charge < -0.3 is 10.0 Å². The van der Waals surface area contributed by atoms with Crippen LogP contribution in [-0.2, 0) is 11.3 Å². The molecule has 21 heavy (non-hydrogen) atoms. The Hall–Kier alpha value is -2.43. The number of rotatable bonds is 6. The van der Waals surface area contributed by atoms with Crippen LogP contribution in [0.1, 0.15) is 12.0 Å². The van der Waals surface area contributed by atoms with Crippen molar-refractivity contribution in [1.29, 1.82) is 0 Å². The highest BCUT2D eigenvalue weighted by molar-refractivity contribution is 5.67. The number of anilines is 1. The molecular formula is C16H15F2NO2. The highest BCUT2D eigenvalue weighted by atomic mass is 19.1. The molecule has 2 aromatic rings. The van der Waals surface area contributed by atoms with E-state index in [0.29, 0.717) is 17.8 Å². The van der Waals surface area contributed by atoms with E-state index in [4.69, 9.17) is 5.11 Å². The Morgan fingerprint density at radius 3 is 2.33 bits per heavy atom. The summed E-state index contributed by atoms with van der Waals surface area (Å²) in [7, 11) is 0. The predicted molar refractivity (Wildman–Crippen MR) is 76.1 cm³/mol. The quantitative estimate of drug-likeness (QED) is 0.886.